The number of carbonyl (C=O) groups is 1. The van der Waals surface area contributed by atoms with Gasteiger partial charge in [-0.05, 0) is 49.2 Å². The molecule has 0 unspecified atom stereocenters. The van der Waals surface area contributed by atoms with Crippen LogP contribution in [0.3, 0.4) is 0 Å². The number of nitrogens with zero attached hydrogens (tertiary/aromatic N) is 2. The number of rotatable bonds is 5. The van der Waals surface area contributed by atoms with Crippen LogP contribution >= 0.6 is 12.4 Å². The van der Waals surface area contributed by atoms with E-state index in [0.29, 0.717) is 5.75 Å². The molecule has 0 aromatic heterocycles. The number of halogens is 2. The van der Waals surface area contributed by atoms with Gasteiger partial charge in [0.2, 0.25) is 5.91 Å². The Morgan fingerprint density at radius 3 is 2.34 bits per heavy atom. The summed E-state index contributed by atoms with van der Waals surface area (Å²) in [6.45, 7) is 3.26. The molecule has 4 rings (SSSR count). The minimum atomic E-state index is -0.260. The van der Waals surface area contributed by atoms with Crippen LogP contribution in [0.4, 0.5) is 4.39 Å². The Morgan fingerprint density at radius 2 is 1.66 bits per heavy atom. The Hall–Kier alpha value is -2.11. The number of amides is 1. The second-order valence-corrected chi connectivity index (χ2v) is 7.71. The fourth-order valence-electron chi connectivity index (χ4n) is 4.22. The fraction of sp³-hybridized carbons (Fsp3) is 0.435. The molecule has 29 heavy (non-hydrogen) atoms. The van der Waals surface area contributed by atoms with Crippen molar-refractivity contribution in [3.63, 3.8) is 0 Å². The molecule has 0 aliphatic carbocycles. The Morgan fingerprint density at radius 1 is 0.966 bits per heavy atom. The number of ether oxygens (including phenoxy) is 1. The van der Waals surface area contributed by atoms with Gasteiger partial charge in [-0.25, -0.2) is 4.39 Å². The zero-order valence-corrected chi connectivity index (χ0v) is 17.3. The summed E-state index contributed by atoms with van der Waals surface area (Å²) in [6.07, 6.45) is 3.73. The molecule has 4 nitrogen and oxygen atoms in total. The van der Waals surface area contributed by atoms with Gasteiger partial charge in [-0.15, -0.1) is 12.4 Å². The van der Waals surface area contributed by atoms with Crippen molar-refractivity contribution in [1.29, 1.82) is 0 Å². The highest BCUT2D eigenvalue weighted by Gasteiger charge is 2.35. The highest BCUT2D eigenvalue weighted by atomic mass is 35.5. The summed E-state index contributed by atoms with van der Waals surface area (Å²) < 4.78 is 19.0. The summed E-state index contributed by atoms with van der Waals surface area (Å²) in [7, 11) is 0. The molecule has 6 heteroatoms. The normalized spacial score (nSPS) is 20.3. The van der Waals surface area contributed by atoms with E-state index in [0.717, 1.165) is 51.9 Å². The third-order valence-corrected chi connectivity index (χ3v) is 5.75. The molecule has 2 aromatic rings. The van der Waals surface area contributed by atoms with E-state index in [9.17, 15) is 9.18 Å². The van der Waals surface area contributed by atoms with Crippen LogP contribution in [-0.4, -0.2) is 47.5 Å². The Balaban J connectivity index is 0.00000240. The Labute approximate surface area is 178 Å². The molecule has 2 aromatic carbocycles. The molecule has 2 aliphatic heterocycles. The maximum atomic E-state index is 13.1. The topological polar surface area (TPSA) is 32.8 Å². The number of piperidine rings is 1. The first-order valence-corrected chi connectivity index (χ1v) is 10.2. The third kappa shape index (κ3) is 5.49. The molecule has 2 saturated heterocycles. The molecular weight excluding hydrogens is 391 g/mol. The van der Waals surface area contributed by atoms with Gasteiger partial charge >= 0.3 is 0 Å². The van der Waals surface area contributed by atoms with Gasteiger partial charge in [0, 0.05) is 32.5 Å². The first-order chi connectivity index (χ1) is 13.7. The lowest BCUT2D eigenvalue weighted by Crippen LogP contribution is -2.49. The second-order valence-electron chi connectivity index (χ2n) is 7.71. The second kappa shape index (κ2) is 10.1. The van der Waals surface area contributed by atoms with Gasteiger partial charge in [0.1, 0.15) is 17.7 Å². The highest BCUT2D eigenvalue weighted by Crippen LogP contribution is 2.25. The van der Waals surface area contributed by atoms with Crippen molar-refractivity contribution in [2.75, 3.05) is 19.6 Å². The molecule has 0 N–H and O–H groups in total. The van der Waals surface area contributed by atoms with Crippen molar-refractivity contribution in [3.8, 4) is 5.75 Å². The zero-order valence-electron chi connectivity index (χ0n) is 16.5. The van der Waals surface area contributed by atoms with Gasteiger partial charge in [-0.1, -0.05) is 30.3 Å². The molecule has 0 bridgehead atoms. The van der Waals surface area contributed by atoms with Crippen molar-refractivity contribution in [2.45, 2.75) is 44.4 Å². The predicted octanol–water partition coefficient (Wildman–Crippen LogP) is 4.28. The average molecular weight is 419 g/mol. The number of hydrogen-bond donors (Lipinski definition) is 0. The van der Waals surface area contributed by atoms with Crippen molar-refractivity contribution in [1.82, 2.24) is 9.80 Å². The van der Waals surface area contributed by atoms with Gasteiger partial charge in [0.05, 0.1) is 6.04 Å². The maximum Gasteiger partial charge on any atom is 0.239 e. The number of hydrogen-bond acceptors (Lipinski definition) is 3. The first-order valence-electron chi connectivity index (χ1n) is 10.2. The fourth-order valence-corrected chi connectivity index (χ4v) is 4.22. The van der Waals surface area contributed by atoms with Crippen molar-refractivity contribution < 1.29 is 13.9 Å². The monoisotopic (exact) mass is 418 g/mol. The summed E-state index contributed by atoms with van der Waals surface area (Å²) in [6, 6.07) is 16.5. The molecule has 2 aliphatic rings. The molecule has 156 valence electrons. The molecule has 0 saturated carbocycles. The van der Waals surface area contributed by atoms with Crippen molar-refractivity contribution in [2.24, 2.45) is 0 Å². The Kier molecular flexibility index (Phi) is 7.51. The summed E-state index contributed by atoms with van der Waals surface area (Å²) >= 11 is 0. The first kappa shape index (κ1) is 21.6. The molecular formula is C23H28ClFN2O2. The van der Waals surface area contributed by atoms with E-state index in [1.165, 1.54) is 17.7 Å². The largest absolute Gasteiger partial charge is 0.490 e. The van der Waals surface area contributed by atoms with E-state index in [1.807, 2.05) is 23.1 Å². The third-order valence-electron chi connectivity index (χ3n) is 5.75. The standard InChI is InChI=1S/C23H27FN2O2.ClH/c24-19-8-10-20(11-9-19)28-21-12-15-25(16-13-21)23(27)22-7-4-14-26(22)17-18-5-2-1-3-6-18;/h1-3,5-6,8-11,21-22H,4,7,12-17H2;1H/t22-;/m0./s1. The predicted molar refractivity (Wildman–Crippen MR) is 114 cm³/mol. The van der Waals surface area contributed by atoms with Crippen LogP contribution in [0.2, 0.25) is 0 Å². The lowest BCUT2D eigenvalue weighted by atomic mass is 10.1. The van der Waals surface area contributed by atoms with E-state index in [4.69, 9.17) is 4.74 Å². The average Bonchev–Trinajstić information content (AvgIpc) is 3.18. The van der Waals surface area contributed by atoms with Gasteiger partial charge in [0.25, 0.3) is 0 Å². The van der Waals surface area contributed by atoms with Crippen molar-refractivity contribution >= 4 is 18.3 Å². The maximum absolute atomic E-state index is 13.1. The summed E-state index contributed by atoms with van der Waals surface area (Å²) in [5, 5.41) is 0. The molecule has 2 heterocycles. The van der Waals surface area contributed by atoms with Crippen LogP contribution in [0.15, 0.2) is 54.6 Å². The van der Waals surface area contributed by atoms with Crippen LogP contribution < -0.4 is 4.74 Å². The minimum Gasteiger partial charge on any atom is -0.490 e. The lowest BCUT2D eigenvalue weighted by Gasteiger charge is -2.35. The molecule has 1 amide bonds. The smallest absolute Gasteiger partial charge is 0.239 e. The zero-order chi connectivity index (χ0) is 19.3. The van der Waals surface area contributed by atoms with Gasteiger partial charge in [0.15, 0.2) is 0 Å². The van der Waals surface area contributed by atoms with E-state index in [-0.39, 0.29) is 36.3 Å². The number of benzene rings is 2. The summed E-state index contributed by atoms with van der Waals surface area (Å²) in [5.74, 6) is 0.689. The van der Waals surface area contributed by atoms with Gasteiger partial charge in [-0.3, -0.25) is 9.69 Å². The van der Waals surface area contributed by atoms with E-state index >= 15 is 0 Å². The summed E-state index contributed by atoms with van der Waals surface area (Å²) in [4.78, 5) is 17.4. The molecule has 0 spiro atoms. The quantitative estimate of drug-likeness (QED) is 0.726. The summed E-state index contributed by atoms with van der Waals surface area (Å²) in [5.41, 5.74) is 1.26. The van der Waals surface area contributed by atoms with Crippen molar-refractivity contribution in [3.05, 3.63) is 66.0 Å². The molecule has 0 radical (unpaired) electrons. The minimum absolute atomic E-state index is 0. The molecule has 1 atom stereocenters. The van der Waals surface area contributed by atoms with Crippen LogP contribution in [0.1, 0.15) is 31.2 Å². The lowest BCUT2D eigenvalue weighted by molar-refractivity contribution is -0.138. The van der Waals surface area contributed by atoms with E-state index < -0.39 is 0 Å². The number of likely N-dealkylation sites (tertiary alicyclic amines) is 2. The van der Waals surface area contributed by atoms with Crippen LogP contribution in [0, 0.1) is 5.82 Å². The number of carbonyl (C=O) groups excluding carboxylic acids is 1. The van der Waals surface area contributed by atoms with E-state index in [1.54, 1.807) is 12.1 Å². The Bertz CT molecular complexity index is 779. The molecule has 2 fully saturated rings. The van der Waals surface area contributed by atoms with Crippen LogP contribution in [0.5, 0.6) is 5.75 Å². The van der Waals surface area contributed by atoms with E-state index in [2.05, 4.69) is 17.0 Å². The van der Waals surface area contributed by atoms with Gasteiger partial charge < -0.3 is 9.64 Å². The van der Waals surface area contributed by atoms with Crippen LogP contribution in [-0.2, 0) is 11.3 Å². The van der Waals surface area contributed by atoms with Gasteiger partial charge in [-0.2, -0.15) is 0 Å². The van der Waals surface area contributed by atoms with Crippen LogP contribution in [0.25, 0.3) is 0 Å². The highest BCUT2D eigenvalue weighted by molar-refractivity contribution is 5.85. The SMILES string of the molecule is Cl.O=C([C@@H]1CCCN1Cc1ccccc1)N1CCC(Oc2ccc(F)cc2)CC1.